The molecule has 5 nitrogen and oxygen atoms in total. The maximum Gasteiger partial charge on any atom is 0.304 e. The predicted octanol–water partition coefficient (Wildman–Crippen LogP) is -0.249. The summed E-state index contributed by atoms with van der Waals surface area (Å²) in [5.74, 6) is -0.405. The molecule has 0 saturated heterocycles. The minimum absolute atomic E-state index is 0.0104. The summed E-state index contributed by atoms with van der Waals surface area (Å²) in [5.41, 5.74) is 0. The molecule has 0 aromatic rings. The van der Waals surface area contributed by atoms with Gasteiger partial charge in [0.1, 0.15) is 0 Å². The van der Waals surface area contributed by atoms with Crippen LogP contribution in [-0.2, 0) is 4.79 Å². The number of aliphatic carboxylic acids is 1. The summed E-state index contributed by atoms with van der Waals surface area (Å²) in [6, 6.07) is 0. The molecule has 6 heteroatoms. The molecule has 0 heterocycles. The lowest BCUT2D eigenvalue weighted by molar-refractivity contribution is -0.136. The summed E-state index contributed by atoms with van der Waals surface area (Å²) in [7, 11) is 0. The highest BCUT2D eigenvalue weighted by molar-refractivity contribution is 7.80. The molecule has 0 bridgehead atoms. The van der Waals surface area contributed by atoms with E-state index in [1.807, 2.05) is 0 Å². The van der Waals surface area contributed by atoms with Gasteiger partial charge in [0.15, 0.2) is 0 Å². The van der Waals surface area contributed by atoms with E-state index in [4.69, 9.17) is 20.4 Å². The maximum atomic E-state index is 9.55. The fraction of sp³-hybridized carbons (Fsp3) is 0.889. The fourth-order valence-corrected chi connectivity index (χ4v) is 0.907. The van der Waals surface area contributed by atoms with E-state index in [2.05, 4.69) is 12.6 Å². The lowest BCUT2D eigenvalue weighted by Crippen LogP contribution is -2.11. The van der Waals surface area contributed by atoms with Crippen molar-refractivity contribution in [2.24, 2.45) is 5.92 Å². The van der Waals surface area contributed by atoms with E-state index in [1.165, 1.54) is 0 Å². The van der Waals surface area contributed by atoms with Gasteiger partial charge in [0.2, 0.25) is 0 Å². The van der Waals surface area contributed by atoms with Crippen molar-refractivity contribution in [2.75, 3.05) is 25.6 Å². The number of hydrogen-bond donors (Lipinski definition) is 5. The van der Waals surface area contributed by atoms with Crippen molar-refractivity contribution in [3.05, 3.63) is 0 Å². The molecule has 0 fully saturated rings. The smallest absolute Gasteiger partial charge is 0.304 e. The summed E-state index contributed by atoms with van der Waals surface area (Å²) in [5, 5.41) is 33.2. The van der Waals surface area contributed by atoms with Crippen LogP contribution in [0.3, 0.4) is 0 Å². The normalized spacial score (nSPS) is 9.67. The van der Waals surface area contributed by atoms with Gasteiger partial charge in [-0.2, -0.15) is 12.6 Å². The van der Waals surface area contributed by atoms with Gasteiger partial charge < -0.3 is 20.4 Å². The quantitative estimate of drug-likeness (QED) is 0.395. The van der Waals surface area contributed by atoms with Gasteiger partial charge in [-0.15, -0.1) is 0 Å². The van der Waals surface area contributed by atoms with E-state index >= 15 is 0 Å². The van der Waals surface area contributed by atoms with Crippen LogP contribution in [0.15, 0.2) is 0 Å². The summed E-state index contributed by atoms with van der Waals surface area (Å²) in [6.45, 7) is 0.156. The SMILES string of the molecule is O=C(O)CCS.OCCCC(CO)CO. The first-order chi connectivity index (χ1) is 7.12. The molecule has 0 radical (unpaired) electrons. The zero-order chi connectivity index (χ0) is 12.1. The molecule has 0 saturated carbocycles. The Morgan fingerprint density at radius 3 is 1.93 bits per heavy atom. The van der Waals surface area contributed by atoms with Crippen LogP contribution < -0.4 is 0 Å². The van der Waals surface area contributed by atoms with Crippen molar-refractivity contribution in [2.45, 2.75) is 19.3 Å². The molecular formula is C9H20O5S. The van der Waals surface area contributed by atoms with Crippen LogP contribution in [0.25, 0.3) is 0 Å². The third-order valence-electron chi connectivity index (χ3n) is 1.61. The lowest BCUT2D eigenvalue weighted by atomic mass is 10.1. The number of carboxylic acids is 1. The first kappa shape index (κ1) is 17.1. The van der Waals surface area contributed by atoms with Gasteiger partial charge in [-0.1, -0.05) is 0 Å². The number of hydrogen-bond acceptors (Lipinski definition) is 5. The average Bonchev–Trinajstić information content (AvgIpc) is 2.20. The summed E-state index contributed by atoms with van der Waals surface area (Å²) in [4.78, 5) is 9.55. The van der Waals surface area contributed by atoms with Gasteiger partial charge >= 0.3 is 5.97 Å². The highest BCUT2D eigenvalue weighted by Crippen LogP contribution is 2.02. The second-order valence-corrected chi connectivity index (χ2v) is 3.41. The number of carbonyl (C=O) groups is 1. The number of thiol groups is 1. The lowest BCUT2D eigenvalue weighted by Gasteiger charge is -2.07. The van der Waals surface area contributed by atoms with Crippen molar-refractivity contribution in [3.63, 3.8) is 0 Å². The number of rotatable bonds is 7. The Morgan fingerprint density at radius 2 is 1.73 bits per heavy atom. The Morgan fingerprint density at radius 1 is 1.20 bits per heavy atom. The third-order valence-corrected chi connectivity index (χ3v) is 1.84. The molecule has 4 N–H and O–H groups in total. The largest absolute Gasteiger partial charge is 0.481 e. The van der Waals surface area contributed by atoms with Gasteiger partial charge in [-0.3, -0.25) is 4.79 Å². The van der Waals surface area contributed by atoms with Crippen molar-refractivity contribution in [1.29, 1.82) is 0 Å². The van der Waals surface area contributed by atoms with E-state index < -0.39 is 5.97 Å². The minimum Gasteiger partial charge on any atom is -0.481 e. The molecule has 0 aliphatic rings. The van der Waals surface area contributed by atoms with E-state index in [0.717, 1.165) is 0 Å². The Labute approximate surface area is 95.2 Å². The number of carboxylic acid groups (broad SMARTS) is 1. The van der Waals surface area contributed by atoms with Crippen molar-refractivity contribution >= 4 is 18.6 Å². The van der Waals surface area contributed by atoms with Gasteiger partial charge in [0.05, 0.1) is 6.42 Å². The molecule has 0 aromatic heterocycles. The van der Waals surface area contributed by atoms with Crippen LogP contribution in [0.2, 0.25) is 0 Å². The second-order valence-electron chi connectivity index (χ2n) is 2.96. The molecule has 0 atom stereocenters. The Kier molecular flexibility index (Phi) is 15.6. The highest BCUT2D eigenvalue weighted by atomic mass is 32.1. The van der Waals surface area contributed by atoms with Gasteiger partial charge in [0.25, 0.3) is 0 Å². The average molecular weight is 240 g/mol. The summed E-state index contributed by atoms with van der Waals surface area (Å²) < 4.78 is 0. The molecule has 0 aliphatic carbocycles. The first-order valence-electron chi connectivity index (χ1n) is 4.77. The van der Waals surface area contributed by atoms with E-state index in [-0.39, 0.29) is 32.2 Å². The molecule has 0 spiro atoms. The third kappa shape index (κ3) is 16.4. The highest BCUT2D eigenvalue weighted by Gasteiger charge is 2.03. The molecule has 92 valence electrons. The van der Waals surface area contributed by atoms with E-state index in [1.54, 1.807) is 0 Å². The Bertz CT molecular complexity index is 138. The van der Waals surface area contributed by atoms with Crippen LogP contribution in [-0.4, -0.2) is 52.0 Å². The molecule has 0 rings (SSSR count). The molecule has 0 aliphatic heterocycles. The maximum absolute atomic E-state index is 9.55. The topological polar surface area (TPSA) is 98.0 Å². The summed E-state index contributed by atoms with van der Waals surface area (Å²) >= 11 is 3.68. The fourth-order valence-electron chi connectivity index (χ4n) is 0.716. The monoisotopic (exact) mass is 240 g/mol. The molecule has 0 amide bonds. The van der Waals surface area contributed by atoms with Crippen LogP contribution in [0.4, 0.5) is 0 Å². The second kappa shape index (κ2) is 13.7. The number of aliphatic hydroxyl groups is 3. The van der Waals surface area contributed by atoms with Crippen molar-refractivity contribution < 1.29 is 25.2 Å². The van der Waals surface area contributed by atoms with Gasteiger partial charge in [0, 0.05) is 31.5 Å². The van der Waals surface area contributed by atoms with Crippen LogP contribution in [0.1, 0.15) is 19.3 Å². The zero-order valence-corrected chi connectivity index (χ0v) is 9.57. The molecule has 15 heavy (non-hydrogen) atoms. The summed E-state index contributed by atoms with van der Waals surface area (Å²) in [6.07, 6.45) is 1.51. The van der Waals surface area contributed by atoms with Crippen molar-refractivity contribution in [1.82, 2.24) is 0 Å². The molecule has 0 aromatic carbocycles. The van der Waals surface area contributed by atoms with Crippen LogP contribution in [0, 0.1) is 5.92 Å². The molecular weight excluding hydrogens is 220 g/mol. The van der Waals surface area contributed by atoms with Crippen molar-refractivity contribution in [3.8, 4) is 0 Å². The first-order valence-corrected chi connectivity index (χ1v) is 5.40. The van der Waals surface area contributed by atoms with Crippen LogP contribution >= 0.6 is 12.6 Å². The number of aliphatic hydroxyl groups excluding tert-OH is 3. The Balaban J connectivity index is 0. The van der Waals surface area contributed by atoms with E-state index in [9.17, 15) is 4.79 Å². The predicted molar refractivity (Wildman–Crippen MR) is 60.1 cm³/mol. The van der Waals surface area contributed by atoms with Crippen LogP contribution in [0.5, 0.6) is 0 Å². The Hall–Kier alpha value is -0.300. The van der Waals surface area contributed by atoms with Gasteiger partial charge in [-0.25, -0.2) is 0 Å². The minimum atomic E-state index is -0.787. The van der Waals surface area contributed by atoms with Gasteiger partial charge in [-0.05, 0) is 12.8 Å². The molecule has 0 unspecified atom stereocenters. The zero-order valence-electron chi connectivity index (χ0n) is 8.67. The standard InChI is InChI=1S/C6H14O3.C3H6O2S/c7-3-1-2-6(4-8)5-9;4-3(5)1-2-6/h6-9H,1-5H2;6H,1-2H2,(H,4,5). The van der Waals surface area contributed by atoms with E-state index in [0.29, 0.717) is 18.6 Å².